The smallest absolute Gasteiger partial charge is 0.221 e. The van der Waals surface area contributed by atoms with Gasteiger partial charge in [-0.3, -0.25) is 9.69 Å². The lowest BCUT2D eigenvalue weighted by molar-refractivity contribution is -0.122. The fourth-order valence-electron chi connectivity index (χ4n) is 2.25. The molecule has 18 heavy (non-hydrogen) atoms. The molecule has 0 spiro atoms. The average molecular weight is 268 g/mol. The van der Waals surface area contributed by atoms with Gasteiger partial charge in [0.25, 0.3) is 0 Å². The predicted octanol–water partition coefficient (Wildman–Crippen LogP) is 1.65. The number of nitrogens with zero attached hydrogens (tertiary/aromatic N) is 1. The molecule has 1 aliphatic heterocycles. The van der Waals surface area contributed by atoms with Crippen molar-refractivity contribution >= 4 is 17.2 Å². The normalized spacial score (nSPS) is 25.0. The first-order chi connectivity index (χ1) is 8.69. The lowest BCUT2D eigenvalue weighted by atomic mass is 10.1. The van der Waals surface area contributed by atoms with Gasteiger partial charge in [0.05, 0.1) is 12.2 Å². The summed E-state index contributed by atoms with van der Waals surface area (Å²) in [4.78, 5) is 13.6. The monoisotopic (exact) mass is 268 g/mol. The van der Waals surface area contributed by atoms with E-state index in [1.165, 1.54) is 5.56 Å². The maximum atomic E-state index is 11.3. The van der Waals surface area contributed by atoms with Crippen molar-refractivity contribution in [3.63, 3.8) is 0 Å². The summed E-state index contributed by atoms with van der Waals surface area (Å²) in [6.07, 6.45) is 0.914. The van der Waals surface area contributed by atoms with Gasteiger partial charge in [0.1, 0.15) is 0 Å². The molecule has 2 unspecified atom stereocenters. The van der Waals surface area contributed by atoms with Crippen molar-refractivity contribution in [3.05, 3.63) is 22.4 Å². The molecule has 0 radical (unpaired) electrons. The van der Waals surface area contributed by atoms with Gasteiger partial charge >= 0.3 is 0 Å². The molecule has 0 saturated carbocycles. The van der Waals surface area contributed by atoms with E-state index in [9.17, 15) is 4.79 Å². The molecule has 4 nitrogen and oxygen atoms in total. The van der Waals surface area contributed by atoms with Crippen LogP contribution in [0.25, 0.3) is 0 Å². The molecule has 100 valence electrons. The van der Waals surface area contributed by atoms with Crippen LogP contribution in [0.4, 0.5) is 0 Å². The number of rotatable bonds is 4. The van der Waals surface area contributed by atoms with Crippen molar-refractivity contribution in [2.45, 2.75) is 25.6 Å². The number of morpholine rings is 1. The van der Waals surface area contributed by atoms with E-state index in [2.05, 4.69) is 34.0 Å². The SMILES string of the molecule is CNC(=O)CCN1CC(C)OC(c2ccsc2)C1. The molecule has 0 aliphatic carbocycles. The topological polar surface area (TPSA) is 41.6 Å². The van der Waals surface area contributed by atoms with Crippen LogP contribution < -0.4 is 5.32 Å². The van der Waals surface area contributed by atoms with Crippen LogP contribution in [0.15, 0.2) is 16.8 Å². The lowest BCUT2D eigenvalue weighted by Gasteiger charge is -2.36. The van der Waals surface area contributed by atoms with Gasteiger partial charge in [0.2, 0.25) is 5.91 Å². The van der Waals surface area contributed by atoms with Gasteiger partial charge in [-0.25, -0.2) is 0 Å². The quantitative estimate of drug-likeness (QED) is 0.902. The van der Waals surface area contributed by atoms with Crippen molar-refractivity contribution in [3.8, 4) is 0 Å². The van der Waals surface area contributed by atoms with Crippen LogP contribution in [0.3, 0.4) is 0 Å². The van der Waals surface area contributed by atoms with E-state index in [1.807, 2.05) is 0 Å². The van der Waals surface area contributed by atoms with Crippen molar-refractivity contribution in [1.82, 2.24) is 10.2 Å². The Bertz CT molecular complexity index is 380. The van der Waals surface area contributed by atoms with Crippen LogP contribution in [-0.2, 0) is 9.53 Å². The molecule has 1 aromatic heterocycles. The van der Waals surface area contributed by atoms with Gasteiger partial charge in [-0.1, -0.05) is 0 Å². The maximum Gasteiger partial charge on any atom is 0.221 e. The molecular weight excluding hydrogens is 248 g/mol. The molecule has 1 amide bonds. The van der Waals surface area contributed by atoms with E-state index in [4.69, 9.17) is 4.74 Å². The van der Waals surface area contributed by atoms with Gasteiger partial charge in [-0.05, 0) is 29.3 Å². The van der Waals surface area contributed by atoms with Crippen LogP contribution in [0, 0.1) is 0 Å². The van der Waals surface area contributed by atoms with E-state index < -0.39 is 0 Å². The highest BCUT2D eigenvalue weighted by Gasteiger charge is 2.26. The second kappa shape index (κ2) is 6.31. The lowest BCUT2D eigenvalue weighted by Crippen LogP contribution is -2.43. The first-order valence-electron chi connectivity index (χ1n) is 6.29. The Morgan fingerprint density at radius 3 is 3.11 bits per heavy atom. The van der Waals surface area contributed by atoms with E-state index in [-0.39, 0.29) is 18.1 Å². The van der Waals surface area contributed by atoms with Gasteiger partial charge < -0.3 is 10.1 Å². The number of hydrogen-bond acceptors (Lipinski definition) is 4. The molecule has 2 atom stereocenters. The molecular formula is C13H20N2O2S. The Kier molecular flexibility index (Phi) is 4.74. The van der Waals surface area contributed by atoms with Crippen LogP contribution in [-0.4, -0.2) is 43.6 Å². The molecule has 2 heterocycles. The summed E-state index contributed by atoms with van der Waals surface area (Å²) in [7, 11) is 1.68. The molecule has 0 aromatic carbocycles. The highest BCUT2D eigenvalue weighted by atomic mass is 32.1. The standard InChI is InChI=1S/C13H20N2O2S/c1-10-7-15(5-3-13(16)14-2)8-12(17-10)11-4-6-18-9-11/h4,6,9-10,12H,3,5,7-8H2,1-2H3,(H,14,16). The molecule has 0 bridgehead atoms. The van der Waals surface area contributed by atoms with Crippen molar-refractivity contribution < 1.29 is 9.53 Å². The first kappa shape index (κ1) is 13.5. The molecule has 2 rings (SSSR count). The van der Waals surface area contributed by atoms with Gasteiger partial charge in [0, 0.05) is 33.1 Å². The second-order valence-corrected chi connectivity index (χ2v) is 5.45. The fourth-order valence-corrected chi connectivity index (χ4v) is 2.95. The van der Waals surface area contributed by atoms with Gasteiger partial charge in [-0.15, -0.1) is 0 Å². The maximum absolute atomic E-state index is 11.3. The number of hydrogen-bond donors (Lipinski definition) is 1. The summed E-state index contributed by atoms with van der Waals surface area (Å²) < 4.78 is 5.96. The highest BCUT2D eigenvalue weighted by molar-refractivity contribution is 7.07. The van der Waals surface area contributed by atoms with Crippen molar-refractivity contribution in [2.24, 2.45) is 0 Å². The summed E-state index contributed by atoms with van der Waals surface area (Å²) in [5, 5.41) is 6.87. The van der Waals surface area contributed by atoms with E-state index in [1.54, 1.807) is 18.4 Å². The number of thiophene rings is 1. The van der Waals surface area contributed by atoms with Crippen LogP contribution in [0.2, 0.25) is 0 Å². The van der Waals surface area contributed by atoms with Gasteiger partial charge in [0.15, 0.2) is 0 Å². The van der Waals surface area contributed by atoms with Gasteiger partial charge in [-0.2, -0.15) is 11.3 Å². The third-order valence-corrected chi connectivity index (χ3v) is 3.89. The zero-order valence-electron chi connectivity index (χ0n) is 10.9. The number of ether oxygens (including phenoxy) is 1. The van der Waals surface area contributed by atoms with Crippen LogP contribution in [0.5, 0.6) is 0 Å². The van der Waals surface area contributed by atoms with Crippen LogP contribution >= 0.6 is 11.3 Å². The Morgan fingerprint density at radius 2 is 2.44 bits per heavy atom. The summed E-state index contributed by atoms with van der Waals surface area (Å²) in [6, 6.07) is 2.12. The van der Waals surface area contributed by atoms with E-state index in [0.717, 1.165) is 19.6 Å². The first-order valence-corrected chi connectivity index (χ1v) is 7.24. The minimum atomic E-state index is 0.0984. The average Bonchev–Trinajstić information content (AvgIpc) is 2.89. The number of carbonyl (C=O) groups is 1. The Labute approximate surface area is 112 Å². The molecule has 1 saturated heterocycles. The van der Waals surface area contributed by atoms with Crippen LogP contribution in [0.1, 0.15) is 25.0 Å². The molecule has 1 aliphatic rings. The second-order valence-electron chi connectivity index (χ2n) is 4.67. The minimum absolute atomic E-state index is 0.0984. The fraction of sp³-hybridized carbons (Fsp3) is 0.615. The zero-order valence-corrected chi connectivity index (χ0v) is 11.7. The summed E-state index contributed by atoms with van der Waals surface area (Å²) >= 11 is 1.69. The molecule has 1 N–H and O–H groups in total. The molecule has 5 heteroatoms. The Morgan fingerprint density at radius 1 is 1.61 bits per heavy atom. The molecule has 1 fully saturated rings. The summed E-state index contributed by atoms with van der Waals surface area (Å²) in [5.41, 5.74) is 1.25. The van der Waals surface area contributed by atoms with E-state index in [0.29, 0.717) is 6.42 Å². The number of nitrogens with one attached hydrogen (secondary N) is 1. The Balaban J connectivity index is 1.90. The highest BCUT2D eigenvalue weighted by Crippen LogP contribution is 2.26. The summed E-state index contributed by atoms with van der Waals surface area (Å²) in [6.45, 7) is 4.66. The third-order valence-electron chi connectivity index (χ3n) is 3.18. The van der Waals surface area contributed by atoms with Crippen molar-refractivity contribution in [2.75, 3.05) is 26.7 Å². The number of amides is 1. The zero-order chi connectivity index (χ0) is 13.0. The molecule has 1 aromatic rings. The number of carbonyl (C=O) groups excluding carboxylic acids is 1. The predicted molar refractivity (Wildman–Crippen MR) is 72.7 cm³/mol. The summed E-state index contributed by atoms with van der Waals surface area (Å²) in [5.74, 6) is 0.0984. The largest absolute Gasteiger partial charge is 0.368 e. The van der Waals surface area contributed by atoms with E-state index >= 15 is 0 Å². The van der Waals surface area contributed by atoms with Crippen molar-refractivity contribution in [1.29, 1.82) is 0 Å². The minimum Gasteiger partial charge on any atom is -0.368 e. The third kappa shape index (κ3) is 3.54. The Hall–Kier alpha value is -0.910.